The number of carbonyl (C=O) groups is 1. The van der Waals surface area contributed by atoms with E-state index in [9.17, 15) is 4.79 Å². The fourth-order valence-electron chi connectivity index (χ4n) is 3.93. The van der Waals surface area contributed by atoms with Gasteiger partial charge in [0.1, 0.15) is 6.10 Å². The first-order valence-corrected chi connectivity index (χ1v) is 13.0. The summed E-state index contributed by atoms with van der Waals surface area (Å²) in [6, 6.07) is 2.13. The van der Waals surface area contributed by atoms with Gasteiger partial charge in [-0.25, -0.2) is 4.98 Å². The molecule has 0 spiro atoms. The summed E-state index contributed by atoms with van der Waals surface area (Å²) in [5, 5.41) is 4.79. The number of hydrogen-bond acceptors (Lipinski definition) is 3. The summed E-state index contributed by atoms with van der Waals surface area (Å²) in [5.41, 5.74) is 2.88. The average molecular weight is 457 g/mol. The van der Waals surface area contributed by atoms with Crippen molar-refractivity contribution in [1.82, 2.24) is 10.3 Å². The van der Waals surface area contributed by atoms with E-state index in [-0.39, 0.29) is 23.3 Å². The molecule has 4 nitrogen and oxygen atoms in total. The van der Waals surface area contributed by atoms with Crippen LogP contribution in [0.15, 0.2) is 12.1 Å². The van der Waals surface area contributed by atoms with E-state index >= 15 is 0 Å². The number of hydrogen-bond donors (Lipinski definition) is 1. The van der Waals surface area contributed by atoms with Gasteiger partial charge in [-0.15, -0.1) is 0 Å². The Morgan fingerprint density at radius 3 is 2.66 bits per heavy atom. The summed E-state index contributed by atoms with van der Waals surface area (Å²) >= 11 is 0. The minimum atomic E-state index is -0.113. The van der Waals surface area contributed by atoms with Crippen molar-refractivity contribution in [3.8, 4) is 5.88 Å². The van der Waals surface area contributed by atoms with Crippen molar-refractivity contribution in [2.75, 3.05) is 6.54 Å². The van der Waals surface area contributed by atoms with Gasteiger partial charge in [0.2, 0.25) is 11.8 Å². The van der Waals surface area contributed by atoms with Crippen LogP contribution in [0.4, 0.5) is 0 Å². The minimum Gasteiger partial charge on any atom is -0.474 e. The van der Waals surface area contributed by atoms with Crippen LogP contribution in [-0.4, -0.2) is 35.0 Å². The Morgan fingerprint density at radius 1 is 1.41 bits per heavy atom. The Kier molecular flexibility index (Phi) is 9.70. The number of carbonyl (C=O) groups excluding carboxylic acids is 1. The first kappa shape index (κ1) is 26.3. The summed E-state index contributed by atoms with van der Waals surface area (Å²) < 4.78 is 6.31. The Balaban J connectivity index is 2.44. The number of nitrogens with zero attached hydrogens (tertiary/aromatic N) is 1. The maximum atomic E-state index is 11.6. The summed E-state index contributed by atoms with van der Waals surface area (Å²) in [5.74, 6) is 3.11. The molecule has 1 aliphatic heterocycles. The zero-order chi connectivity index (χ0) is 23.9. The molecule has 2 rings (SSSR count). The highest BCUT2D eigenvalue weighted by Crippen LogP contribution is 2.32. The van der Waals surface area contributed by atoms with E-state index in [2.05, 4.69) is 77.5 Å². The van der Waals surface area contributed by atoms with Gasteiger partial charge in [-0.2, -0.15) is 0 Å². The van der Waals surface area contributed by atoms with Crippen molar-refractivity contribution in [2.24, 2.45) is 11.3 Å². The minimum absolute atomic E-state index is 0.0908. The van der Waals surface area contributed by atoms with E-state index < -0.39 is 0 Å². The largest absolute Gasteiger partial charge is 0.474 e. The van der Waals surface area contributed by atoms with Crippen molar-refractivity contribution in [3.63, 3.8) is 0 Å². The molecule has 3 unspecified atom stereocenters. The second-order valence-electron chi connectivity index (χ2n) is 9.78. The Labute approximate surface area is 196 Å². The van der Waals surface area contributed by atoms with Gasteiger partial charge in [0.25, 0.3) is 0 Å². The molecule has 1 aromatic rings. The van der Waals surface area contributed by atoms with Gasteiger partial charge >= 0.3 is 0 Å². The highest BCUT2D eigenvalue weighted by Gasteiger charge is 2.28. The van der Waals surface area contributed by atoms with Gasteiger partial charge < -0.3 is 10.1 Å². The standard InChI is InChI=1S/C27H41N2O2P/c1-9-12-13-21-14-23(20(10-2)17-32-24(11-3)27(6,7)8)29-26(18(21)4)31-19(5)22-15-25(30)28-16-22/h10,13-14,17,19,22,24H,4,9,11-12,15-16H2,1-3,5-8H3,(H,28,30)/b20-10+,21-13+. The number of ether oxygens (including phenoxy) is 1. The molecule has 1 fully saturated rings. The van der Waals surface area contributed by atoms with Crippen LogP contribution in [0.3, 0.4) is 0 Å². The fourth-order valence-corrected chi connectivity index (χ4v) is 5.21. The van der Waals surface area contributed by atoms with Gasteiger partial charge in [-0.05, 0) is 49.2 Å². The van der Waals surface area contributed by atoms with Crippen LogP contribution in [0, 0.1) is 11.3 Å². The second kappa shape index (κ2) is 11.8. The number of rotatable bonds is 9. The van der Waals surface area contributed by atoms with E-state index in [0.717, 1.165) is 41.0 Å². The molecule has 1 amide bonds. The predicted octanol–water partition coefficient (Wildman–Crippen LogP) is 4.95. The highest BCUT2D eigenvalue weighted by molar-refractivity contribution is 7.40. The molecule has 0 bridgehead atoms. The molecule has 3 atom stereocenters. The van der Waals surface area contributed by atoms with Crippen LogP contribution in [0.1, 0.15) is 79.8 Å². The van der Waals surface area contributed by atoms with Crippen LogP contribution < -0.4 is 20.5 Å². The Bertz CT molecular complexity index is 959. The molecule has 176 valence electrons. The number of amides is 1. The summed E-state index contributed by atoms with van der Waals surface area (Å²) in [4.78, 5) is 16.5. The number of aromatic nitrogens is 1. The van der Waals surface area contributed by atoms with Crippen LogP contribution in [0.2, 0.25) is 0 Å². The topological polar surface area (TPSA) is 51.2 Å². The van der Waals surface area contributed by atoms with Gasteiger partial charge in [-0.1, -0.05) is 68.0 Å². The van der Waals surface area contributed by atoms with E-state index in [1.54, 1.807) is 0 Å². The predicted molar refractivity (Wildman–Crippen MR) is 140 cm³/mol. The highest BCUT2D eigenvalue weighted by atomic mass is 31.1. The normalized spacial score (nSPS) is 20.0. The molecule has 1 aliphatic rings. The monoisotopic (exact) mass is 456 g/mol. The Hall–Kier alpha value is -1.93. The molecule has 0 radical (unpaired) electrons. The lowest BCUT2D eigenvalue weighted by molar-refractivity contribution is -0.119. The van der Waals surface area contributed by atoms with Crippen LogP contribution in [-0.2, 0) is 4.79 Å². The number of nitrogens with one attached hydrogen (secondary N) is 1. The van der Waals surface area contributed by atoms with E-state index in [1.165, 1.54) is 8.20 Å². The lowest BCUT2D eigenvalue weighted by Crippen LogP contribution is -2.33. The molecule has 0 aliphatic carbocycles. The van der Waals surface area contributed by atoms with Crippen molar-refractivity contribution in [2.45, 2.75) is 85.9 Å². The number of pyridine rings is 1. The van der Waals surface area contributed by atoms with Crippen LogP contribution in [0.5, 0.6) is 5.88 Å². The zero-order valence-corrected chi connectivity index (χ0v) is 21.9. The van der Waals surface area contributed by atoms with Crippen molar-refractivity contribution >= 4 is 38.1 Å². The molecule has 1 N–H and O–H groups in total. The van der Waals surface area contributed by atoms with Gasteiger partial charge in [0.05, 0.1) is 5.69 Å². The quantitative estimate of drug-likeness (QED) is 0.535. The molecule has 1 saturated heterocycles. The van der Waals surface area contributed by atoms with Gasteiger partial charge in [-0.3, -0.25) is 4.79 Å². The first-order chi connectivity index (χ1) is 15.1. The maximum Gasteiger partial charge on any atom is 0.221 e. The zero-order valence-electron chi connectivity index (χ0n) is 21.0. The van der Waals surface area contributed by atoms with Gasteiger partial charge in [0.15, 0.2) is 0 Å². The molecule has 2 heterocycles. The van der Waals surface area contributed by atoms with Crippen LogP contribution >= 0.6 is 8.20 Å². The third kappa shape index (κ3) is 7.04. The van der Waals surface area contributed by atoms with Gasteiger partial charge in [0, 0.05) is 35.3 Å². The van der Waals surface area contributed by atoms with E-state index in [1.807, 2.05) is 6.92 Å². The van der Waals surface area contributed by atoms with E-state index in [0.29, 0.717) is 24.5 Å². The lowest BCUT2D eigenvalue weighted by atomic mass is 9.90. The molecule has 0 aromatic carbocycles. The SMILES string of the molecule is C=c1c(OC(C)C2CNC(=O)C2)nc(/C(C=PC(CC)C(C)(C)C)=C/C)c/c1=C\CCC. The fraction of sp³-hybridized carbons (Fsp3) is 0.593. The second-order valence-corrected chi connectivity index (χ2v) is 11.0. The molecular formula is C27H41N2O2P. The molecule has 32 heavy (non-hydrogen) atoms. The third-order valence-electron chi connectivity index (χ3n) is 6.13. The average Bonchev–Trinajstić information content (AvgIpc) is 3.17. The Morgan fingerprint density at radius 2 is 2.12 bits per heavy atom. The third-order valence-corrected chi connectivity index (χ3v) is 8.06. The van der Waals surface area contributed by atoms with Crippen LogP contribution in [0.25, 0.3) is 18.2 Å². The van der Waals surface area contributed by atoms with Crippen molar-refractivity contribution < 1.29 is 9.53 Å². The molecule has 5 heteroatoms. The number of unbranched alkanes of at least 4 members (excludes halogenated alkanes) is 1. The smallest absolute Gasteiger partial charge is 0.221 e. The summed E-state index contributed by atoms with van der Waals surface area (Å²) in [6.07, 6.45) is 7.93. The van der Waals surface area contributed by atoms with Crippen molar-refractivity contribution in [3.05, 3.63) is 28.3 Å². The lowest BCUT2D eigenvalue weighted by Gasteiger charge is -2.26. The maximum absolute atomic E-state index is 11.6. The van der Waals surface area contributed by atoms with E-state index in [4.69, 9.17) is 9.72 Å². The molecular weight excluding hydrogens is 415 g/mol. The summed E-state index contributed by atoms with van der Waals surface area (Å²) in [6.45, 7) is 20.4. The number of allylic oxidation sites excluding steroid dienone is 2. The summed E-state index contributed by atoms with van der Waals surface area (Å²) in [7, 11) is 1.30. The van der Waals surface area contributed by atoms with Crippen molar-refractivity contribution in [1.29, 1.82) is 0 Å². The molecule has 0 saturated carbocycles. The molecule has 1 aromatic heterocycles. The first-order valence-electron chi connectivity index (χ1n) is 11.9.